The fraction of sp³-hybridized carbons (Fsp3) is 0.0769. The Balaban J connectivity index is 2.28. The topological polar surface area (TPSA) is 52.0 Å². The number of nitrogens with two attached hydrogens (primary N) is 2. The third kappa shape index (κ3) is 2.31. The van der Waals surface area contributed by atoms with E-state index in [1.165, 1.54) is 10.5 Å². The van der Waals surface area contributed by atoms with Gasteiger partial charge in [0.05, 0.1) is 11.4 Å². The summed E-state index contributed by atoms with van der Waals surface area (Å²) in [6, 6.07) is 14.0. The molecule has 3 heteroatoms. The van der Waals surface area contributed by atoms with Gasteiger partial charge in [-0.2, -0.15) is 0 Å². The van der Waals surface area contributed by atoms with E-state index in [9.17, 15) is 0 Å². The summed E-state index contributed by atoms with van der Waals surface area (Å²) in [4.78, 5) is 2.35. The molecule has 2 aromatic rings. The molecule has 0 bridgehead atoms. The lowest BCUT2D eigenvalue weighted by Crippen LogP contribution is -1.93. The number of hydrogen-bond donors (Lipinski definition) is 2. The van der Waals surface area contributed by atoms with E-state index in [0.29, 0.717) is 11.4 Å². The molecular weight excluding hydrogens is 216 g/mol. The first-order chi connectivity index (χ1) is 7.66. The van der Waals surface area contributed by atoms with Crippen LogP contribution in [0, 0.1) is 6.92 Å². The molecule has 0 heterocycles. The lowest BCUT2D eigenvalue weighted by molar-refractivity contribution is 1.29. The van der Waals surface area contributed by atoms with Crippen LogP contribution in [0.15, 0.2) is 52.3 Å². The van der Waals surface area contributed by atoms with Crippen LogP contribution in [-0.2, 0) is 0 Å². The van der Waals surface area contributed by atoms with Crippen LogP contribution in [0.2, 0.25) is 0 Å². The zero-order valence-electron chi connectivity index (χ0n) is 9.10. The lowest BCUT2D eigenvalue weighted by atomic mass is 10.2. The molecule has 16 heavy (non-hydrogen) atoms. The van der Waals surface area contributed by atoms with Crippen LogP contribution in [0.4, 0.5) is 11.4 Å². The van der Waals surface area contributed by atoms with Gasteiger partial charge in [-0.3, -0.25) is 0 Å². The van der Waals surface area contributed by atoms with Crippen LogP contribution in [-0.4, -0.2) is 0 Å². The Morgan fingerprint density at radius 3 is 2.38 bits per heavy atom. The fourth-order valence-corrected chi connectivity index (χ4v) is 2.37. The van der Waals surface area contributed by atoms with Gasteiger partial charge in [0, 0.05) is 9.79 Å². The molecule has 0 fully saturated rings. The minimum absolute atomic E-state index is 0.633. The van der Waals surface area contributed by atoms with Gasteiger partial charge in [-0.15, -0.1) is 0 Å². The van der Waals surface area contributed by atoms with Crippen LogP contribution >= 0.6 is 11.8 Å². The van der Waals surface area contributed by atoms with Crippen LogP contribution in [0.3, 0.4) is 0 Å². The third-order valence-corrected chi connectivity index (χ3v) is 3.55. The second kappa shape index (κ2) is 4.49. The maximum Gasteiger partial charge on any atom is 0.0559 e. The van der Waals surface area contributed by atoms with Gasteiger partial charge in [0.15, 0.2) is 0 Å². The van der Waals surface area contributed by atoms with Gasteiger partial charge < -0.3 is 11.5 Å². The number of aryl methyl sites for hydroxylation is 1. The summed E-state index contributed by atoms with van der Waals surface area (Å²) in [5, 5.41) is 0. The van der Waals surface area contributed by atoms with Crippen molar-refractivity contribution in [3.63, 3.8) is 0 Å². The molecular formula is C13H14N2S. The molecule has 0 amide bonds. The zero-order valence-corrected chi connectivity index (χ0v) is 9.92. The highest BCUT2D eigenvalue weighted by Crippen LogP contribution is 2.32. The Bertz CT molecular complexity index is 509. The van der Waals surface area contributed by atoms with Crippen LogP contribution in [0.25, 0.3) is 0 Å². The van der Waals surface area contributed by atoms with Crippen molar-refractivity contribution in [2.75, 3.05) is 11.5 Å². The van der Waals surface area contributed by atoms with E-state index in [-0.39, 0.29) is 0 Å². The summed E-state index contributed by atoms with van der Waals surface area (Å²) < 4.78 is 0. The predicted molar refractivity (Wildman–Crippen MR) is 70.6 cm³/mol. The minimum Gasteiger partial charge on any atom is -0.397 e. The molecule has 0 aliphatic rings. The maximum atomic E-state index is 5.77. The summed E-state index contributed by atoms with van der Waals surface area (Å²) in [7, 11) is 0. The van der Waals surface area contributed by atoms with Crippen molar-refractivity contribution in [1.82, 2.24) is 0 Å². The molecule has 2 aromatic carbocycles. The van der Waals surface area contributed by atoms with E-state index in [0.717, 1.165) is 4.90 Å². The van der Waals surface area contributed by atoms with Crippen molar-refractivity contribution >= 4 is 23.1 Å². The van der Waals surface area contributed by atoms with Crippen molar-refractivity contribution in [3.8, 4) is 0 Å². The van der Waals surface area contributed by atoms with Crippen molar-refractivity contribution in [1.29, 1.82) is 0 Å². The Morgan fingerprint density at radius 1 is 0.938 bits per heavy atom. The van der Waals surface area contributed by atoms with Gasteiger partial charge in [0.25, 0.3) is 0 Å². The van der Waals surface area contributed by atoms with Crippen molar-refractivity contribution in [3.05, 3.63) is 48.0 Å². The first kappa shape index (κ1) is 10.9. The Kier molecular flexibility index (Phi) is 3.06. The SMILES string of the molecule is Cc1ccccc1Sc1ccc(N)c(N)c1. The van der Waals surface area contributed by atoms with E-state index in [2.05, 4.69) is 19.1 Å². The molecule has 0 radical (unpaired) electrons. The van der Waals surface area contributed by atoms with Gasteiger partial charge in [-0.1, -0.05) is 30.0 Å². The smallest absolute Gasteiger partial charge is 0.0559 e. The highest BCUT2D eigenvalue weighted by molar-refractivity contribution is 7.99. The van der Waals surface area contributed by atoms with E-state index < -0.39 is 0 Å². The second-order valence-corrected chi connectivity index (χ2v) is 4.77. The third-order valence-electron chi connectivity index (χ3n) is 2.38. The number of anilines is 2. The molecule has 0 aromatic heterocycles. The number of rotatable bonds is 2. The van der Waals surface area contributed by atoms with Crippen LogP contribution in [0.1, 0.15) is 5.56 Å². The normalized spacial score (nSPS) is 10.3. The largest absolute Gasteiger partial charge is 0.397 e. The van der Waals surface area contributed by atoms with Crippen molar-refractivity contribution in [2.24, 2.45) is 0 Å². The molecule has 0 aliphatic heterocycles. The van der Waals surface area contributed by atoms with Crippen LogP contribution < -0.4 is 11.5 Å². The van der Waals surface area contributed by atoms with Crippen molar-refractivity contribution < 1.29 is 0 Å². The number of hydrogen-bond acceptors (Lipinski definition) is 3. The summed E-state index contributed by atoms with van der Waals surface area (Å²) in [6.07, 6.45) is 0. The number of benzene rings is 2. The number of nitrogen functional groups attached to an aromatic ring is 2. The van der Waals surface area contributed by atoms with Gasteiger partial charge in [-0.25, -0.2) is 0 Å². The zero-order chi connectivity index (χ0) is 11.5. The predicted octanol–water partition coefficient (Wildman–Crippen LogP) is 3.31. The Morgan fingerprint density at radius 2 is 1.69 bits per heavy atom. The van der Waals surface area contributed by atoms with Gasteiger partial charge >= 0.3 is 0 Å². The van der Waals surface area contributed by atoms with Gasteiger partial charge in [0.2, 0.25) is 0 Å². The molecule has 0 saturated carbocycles. The molecule has 0 saturated heterocycles. The van der Waals surface area contributed by atoms with Crippen LogP contribution in [0.5, 0.6) is 0 Å². The molecule has 0 atom stereocenters. The molecule has 4 N–H and O–H groups in total. The highest BCUT2D eigenvalue weighted by atomic mass is 32.2. The molecule has 2 nitrogen and oxygen atoms in total. The van der Waals surface area contributed by atoms with Gasteiger partial charge in [0.1, 0.15) is 0 Å². The first-order valence-electron chi connectivity index (χ1n) is 5.05. The summed E-state index contributed by atoms with van der Waals surface area (Å²) in [6.45, 7) is 2.10. The average Bonchev–Trinajstić information content (AvgIpc) is 2.27. The second-order valence-electron chi connectivity index (χ2n) is 3.66. The molecule has 2 rings (SSSR count). The van der Waals surface area contributed by atoms with E-state index in [1.54, 1.807) is 11.8 Å². The fourth-order valence-electron chi connectivity index (χ4n) is 1.41. The highest BCUT2D eigenvalue weighted by Gasteiger charge is 2.02. The Hall–Kier alpha value is -1.61. The Labute approximate surface area is 99.7 Å². The summed E-state index contributed by atoms with van der Waals surface area (Å²) in [5.74, 6) is 0. The van der Waals surface area contributed by atoms with E-state index in [4.69, 9.17) is 11.5 Å². The van der Waals surface area contributed by atoms with E-state index in [1.807, 2.05) is 30.3 Å². The molecule has 0 unspecified atom stereocenters. The molecule has 0 aliphatic carbocycles. The minimum atomic E-state index is 0.633. The monoisotopic (exact) mass is 230 g/mol. The standard InChI is InChI=1S/C13H14N2S/c1-9-4-2-3-5-13(9)16-10-6-7-11(14)12(15)8-10/h2-8H,14-15H2,1H3. The first-order valence-corrected chi connectivity index (χ1v) is 5.87. The van der Waals surface area contributed by atoms with Crippen molar-refractivity contribution in [2.45, 2.75) is 16.7 Å². The maximum absolute atomic E-state index is 5.77. The quantitative estimate of drug-likeness (QED) is 0.778. The summed E-state index contributed by atoms with van der Waals surface area (Å²) in [5.41, 5.74) is 14.0. The van der Waals surface area contributed by atoms with E-state index >= 15 is 0 Å². The summed E-state index contributed by atoms with van der Waals surface area (Å²) >= 11 is 1.70. The molecule has 82 valence electrons. The lowest BCUT2D eigenvalue weighted by Gasteiger charge is -2.06. The average molecular weight is 230 g/mol. The van der Waals surface area contributed by atoms with Gasteiger partial charge in [-0.05, 0) is 36.8 Å². The molecule has 0 spiro atoms.